The van der Waals surface area contributed by atoms with Crippen LogP contribution in [-0.2, 0) is 6.42 Å². The van der Waals surface area contributed by atoms with Crippen LogP contribution in [0.25, 0.3) is 22.3 Å². The molecule has 0 saturated heterocycles. The van der Waals surface area contributed by atoms with Gasteiger partial charge >= 0.3 is 0 Å². The molecular weight excluding hydrogens is 350 g/mol. The van der Waals surface area contributed by atoms with Gasteiger partial charge in [0.05, 0.1) is 33.1 Å². The molecule has 0 saturated carbocycles. The first-order valence-electron chi connectivity index (χ1n) is 9.32. The van der Waals surface area contributed by atoms with E-state index < -0.39 is 0 Å². The normalized spacial score (nSPS) is 10.6. The van der Waals surface area contributed by atoms with E-state index in [1.165, 1.54) is 0 Å². The summed E-state index contributed by atoms with van der Waals surface area (Å²) in [6.45, 7) is 6.20. The molecule has 1 aromatic heterocycles. The Kier molecular flexibility index (Phi) is 5.88. The van der Waals surface area contributed by atoms with Crippen LogP contribution in [0, 0.1) is 20.0 Å². The molecule has 0 spiro atoms. The predicted molar refractivity (Wildman–Crippen MR) is 112 cm³/mol. The third kappa shape index (κ3) is 3.55. The lowest BCUT2D eigenvalue weighted by molar-refractivity contribution is 0.399. The summed E-state index contributed by atoms with van der Waals surface area (Å²) in [5, 5.41) is 0. The number of methoxy groups -OCH3 is 3. The van der Waals surface area contributed by atoms with Crippen molar-refractivity contribution < 1.29 is 14.2 Å². The van der Waals surface area contributed by atoms with Gasteiger partial charge < -0.3 is 14.2 Å². The molecule has 2 aromatic carbocycles. The number of rotatable bonds is 6. The Labute approximate surface area is 167 Å². The fourth-order valence-corrected chi connectivity index (χ4v) is 3.55. The lowest BCUT2D eigenvalue weighted by atomic mass is 9.90. The molecule has 3 aromatic rings. The molecule has 0 unspecified atom stereocenters. The second-order valence-electron chi connectivity index (χ2n) is 6.68. The van der Waals surface area contributed by atoms with Crippen molar-refractivity contribution in [1.82, 2.24) is 4.98 Å². The van der Waals surface area contributed by atoms with Gasteiger partial charge in [0.25, 0.3) is 0 Å². The maximum Gasteiger partial charge on any atom is 0.222 e. The minimum absolute atomic E-state index is 0.560. The smallest absolute Gasteiger partial charge is 0.222 e. The van der Waals surface area contributed by atoms with Crippen molar-refractivity contribution in [3.05, 3.63) is 59.3 Å². The third-order valence-electron chi connectivity index (χ3n) is 4.97. The summed E-state index contributed by atoms with van der Waals surface area (Å²) in [5.74, 6) is 2.29. The van der Waals surface area contributed by atoms with Crippen molar-refractivity contribution in [3.8, 4) is 39.6 Å². The van der Waals surface area contributed by atoms with E-state index in [0.717, 1.165) is 56.9 Å². The molecule has 0 bridgehead atoms. The van der Waals surface area contributed by atoms with Crippen molar-refractivity contribution in [2.45, 2.75) is 27.2 Å². The Balaban J connectivity index is 2.32. The van der Waals surface area contributed by atoms with Crippen LogP contribution < -0.4 is 14.2 Å². The number of aromatic nitrogens is 1. The van der Waals surface area contributed by atoms with Crippen LogP contribution in [-0.4, -0.2) is 26.3 Å². The van der Waals surface area contributed by atoms with E-state index in [1.807, 2.05) is 32.0 Å². The molecule has 0 aliphatic carbocycles. The topological polar surface area (TPSA) is 40.6 Å². The van der Waals surface area contributed by atoms with E-state index in [2.05, 4.69) is 36.3 Å². The first-order valence-corrected chi connectivity index (χ1v) is 9.32. The summed E-state index contributed by atoms with van der Waals surface area (Å²) in [7, 11) is 5.02. The van der Waals surface area contributed by atoms with Crippen LogP contribution in [0.2, 0.25) is 0 Å². The Morgan fingerprint density at radius 3 is 1.75 bits per heavy atom. The molecule has 0 aliphatic heterocycles. The third-order valence-corrected chi connectivity index (χ3v) is 4.97. The maximum absolute atomic E-state index is 5.63. The zero-order chi connectivity index (χ0) is 20.3. The Morgan fingerprint density at radius 1 is 0.786 bits per heavy atom. The van der Waals surface area contributed by atoms with Crippen molar-refractivity contribution in [1.29, 1.82) is 0 Å². The minimum atomic E-state index is 0.560. The van der Waals surface area contributed by atoms with Gasteiger partial charge in [-0.1, -0.05) is 19.1 Å². The monoisotopic (exact) mass is 376 g/mol. The molecular formula is C24H26NO3. The number of benzene rings is 2. The summed E-state index contributed by atoms with van der Waals surface area (Å²) in [6, 6.07) is 12.4. The van der Waals surface area contributed by atoms with Gasteiger partial charge in [-0.05, 0) is 72.4 Å². The Bertz CT molecular complexity index is 915. The summed E-state index contributed by atoms with van der Waals surface area (Å²) in [4.78, 5) is 4.46. The fraction of sp³-hybridized carbons (Fsp3) is 0.292. The van der Waals surface area contributed by atoms with Crippen molar-refractivity contribution >= 4 is 0 Å². The molecule has 4 nitrogen and oxygen atoms in total. The molecule has 1 heterocycles. The van der Waals surface area contributed by atoms with Crippen molar-refractivity contribution in [2.24, 2.45) is 0 Å². The minimum Gasteiger partial charge on any atom is -0.496 e. The Morgan fingerprint density at radius 2 is 1.32 bits per heavy atom. The molecule has 0 atom stereocenters. The first kappa shape index (κ1) is 19.7. The molecule has 28 heavy (non-hydrogen) atoms. The number of ether oxygens (including phenoxy) is 3. The van der Waals surface area contributed by atoms with E-state index >= 15 is 0 Å². The highest BCUT2D eigenvalue weighted by Crippen LogP contribution is 2.42. The van der Waals surface area contributed by atoms with E-state index in [0.29, 0.717) is 5.88 Å². The zero-order valence-corrected chi connectivity index (χ0v) is 17.3. The molecule has 0 amide bonds. The summed E-state index contributed by atoms with van der Waals surface area (Å²) >= 11 is 0. The van der Waals surface area contributed by atoms with Gasteiger partial charge in [0.2, 0.25) is 5.88 Å². The highest BCUT2D eigenvalue weighted by atomic mass is 16.5. The van der Waals surface area contributed by atoms with Gasteiger partial charge in [0.1, 0.15) is 11.5 Å². The highest BCUT2D eigenvalue weighted by Gasteiger charge is 2.20. The zero-order valence-electron chi connectivity index (χ0n) is 17.3. The van der Waals surface area contributed by atoms with Crippen LogP contribution >= 0.6 is 0 Å². The van der Waals surface area contributed by atoms with E-state index in [1.54, 1.807) is 21.3 Å². The van der Waals surface area contributed by atoms with E-state index in [9.17, 15) is 0 Å². The number of hydrogen-bond acceptors (Lipinski definition) is 4. The molecule has 3 rings (SSSR count). The largest absolute Gasteiger partial charge is 0.496 e. The molecule has 0 N–H and O–H groups in total. The first-order chi connectivity index (χ1) is 13.5. The second-order valence-corrected chi connectivity index (χ2v) is 6.68. The summed E-state index contributed by atoms with van der Waals surface area (Å²) < 4.78 is 16.5. The molecule has 1 radical (unpaired) electrons. The standard InChI is InChI=1S/C24H26NO3/c1-7-17-14-25-24(28-6)23(19-9-11-21(27-5)16(3)13-19)22(17)18-8-10-20(26-4)15(2)12-18/h8-13H,7H2,1-6H3. The molecule has 145 valence electrons. The van der Waals surface area contributed by atoms with E-state index in [-0.39, 0.29) is 0 Å². The maximum atomic E-state index is 5.63. The predicted octanol–water partition coefficient (Wildman–Crippen LogP) is 5.42. The van der Waals surface area contributed by atoms with Gasteiger partial charge in [0, 0.05) is 5.56 Å². The SMILES string of the molecule is CCc1[c]nc(OC)c(-c2ccc(OC)c(C)c2)c1-c1ccc(OC)c(C)c1. The lowest BCUT2D eigenvalue weighted by Crippen LogP contribution is -2.00. The van der Waals surface area contributed by atoms with Gasteiger partial charge in [-0.15, -0.1) is 0 Å². The van der Waals surface area contributed by atoms with Crippen LogP contribution in [0.3, 0.4) is 0 Å². The Hall–Kier alpha value is -3.01. The number of pyridine rings is 1. The van der Waals surface area contributed by atoms with Crippen LogP contribution in [0.5, 0.6) is 17.4 Å². The number of hydrogen-bond donors (Lipinski definition) is 0. The lowest BCUT2D eigenvalue weighted by Gasteiger charge is -2.19. The van der Waals surface area contributed by atoms with Crippen molar-refractivity contribution in [3.63, 3.8) is 0 Å². The molecule has 0 fully saturated rings. The van der Waals surface area contributed by atoms with Crippen LogP contribution in [0.15, 0.2) is 36.4 Å². The fourth-order valence-electron chi connectivity index (χ4n) is 3.55. The number of nitrogens with zero attached hydrogens (tertiary/aromatic N) is 1. The summed E-state index contributed by atoms with van der Waals surface area (Å²) in [5.41, 5.74) is 7.37. The van der Waals surface area contributed by atoms with Gasteiger partial charge in [0.15, 0.2) is 0 Å². The van der Waals surface area contributed by atoms with Gasteiger partial charge in [-0.2, -0.15) is 0 Å². The van der Waals surface area contributed by atoms with Gasteiger partial charge in [-0.3, -0.25) is 0 Å². The second kappa shape index (κ2) is 8.34. The van der Waals surface area contributed by atoms with E-state index in [4.69, 9.17) is 14.2 Å². The average molecular weight is 376 g/mol. The highest BCUT2D eigenvalue weighted by molar-refractivity contribution is 5.89. The summed E-state index contributed by atoms with van der Waals surface area (Å²) in [6.07, 6.45) is 3.99. The quantitative estimate of drug-likeness (QED) is 0.576. The van der Waals surface area contributed by atoms with Crippen LogP contribution in [0.4, 0.5) is 0 Å². The van der Waals surface area contributed by atoms with Crippen LogP contribution in [0.1, 0.15) is 23.6 Å². The van der Waals surface area contributed by atoms with Crippen molar-refractivity contribution in [2.75, 3.05) is 21.3 Å². The molecule has 0 aliphatic rings. The average Bonchev–Trinajstić information content (AvgIpc) is 2.72. The molecule has 4 heteroatoms. The number of aryl methyl sites for hydroxylation is 3. The van der Waals surface area contributed by atoms with Gasteiger partial charge in [-0.25, -0.2) is 4.98 Å².